The second kappa shape index (κ2) is 49.8. The lowest BCUT2D eigenvalue weighted by molar-refractivity contribution is -0.151. The zero-order chi connectivity index (χ0) is 45.2. The second-order valence-electron chi connectivity index (χ2n) is 18.3. The van der Waals surface area contributed by atoms with E-state index < -0.39 is 18.2 Å². The number of aliphatic hydroxyl groups is 2. The van der Waals surface area contributed by atoms with Crippen molar-refractivity contribution in [2.45, 2.75) is 289 Å². The summed E-state index contributed by atoms with van der Waals surface area (Å²) in [5.41, 5.74) is 0. The van der Waals surface area contributed by atoms with E-state index in [2.05, 4.69) is 74.7 Å². The van der Waals surface area contributed by atoms with Crippen molar-refractivity contribution in [3.63, 3.8) is 0 Å². The lowest BCUT2D eigenvalue weighted by Gasteiger charge is -2.24. The van der Waals surface area contributed by atoms with E-state index in [1.807, 2.05) is 0 Å². The predicted molar refractivity (Wildman–Crippen MR) is 269 cm³/mol. The van der Waals surface area contributed by atoms with Gasteiger partial charge in [0, 0.05) is 6.42 Å². The average Bonchev–Trinajstić information content (AvgIpc) is 3.26. The number of hydrogen-bond donors (Lipinski definition) is 3. The van der Waals surface area contributed by atoms with E-state index in [1.165, 1.54) is 154 Å². The van der Waals surface area contributed by atoms with Crippen LogP contribution in [0.25, 0.3) is 0 Å². The van der Waals surface area contributed by atoms with Gasteiger partial charge in [-0.05, 0) is 64.2 Å². The van der Waals surface area contributed by atoms with Crippen molar-refractivity contribution in [1.29, 1.82) is 0 Å². The van der Waals surface area contributed by atoms with Gasteiger partial charge in [0.15, 0.2) is 0 Å². The number of carbonyl (C=O) groups is 2. The lowest BCUT2D eigenvalue weighted by atomic mass is 10.0. The van der Waals surface area contributed by atoms with E-state index >= 15 is 0 Å². The summed E-state index contributed by atoms with van der Waals surface area (Å²) in [4.78, 5) is 26.1. The van der Waals surface area contributed by atoms with Gasteiger partial charge in [-0.2, -0.15) is 0 Å². The van der Waals surface area contributed by atoms with Crippen LogP contribution < -0.4 is 5.32 Å². The molecule has 0 aliphatic carbocycles. The number of hydrogen-bond acceptors (Lipinski definition) is 5. The van der Waals surface area contributed by atoms with Gasteiger partial charge in [0.05, 0.1) is 25.2 Å². The average molecular weight is 870 g/mol. The van der Waals surface area contributed by atoms with Crippen LogP contribution in [0, 0.1) is 0 Å². The number of ether oxygens (including phenoxy) is 1. The largest absolute Gasteiger partial charge is 0.462 e. The molecule has 0 heterocycles. The fraction of sp³-hybridized carbons (Fsp3) is 0.821. The zero-order valence-electron chi connectivity index (χ0n) is 41.3. The molecular weight excluding hydrogens is 767 g/mol. The van der Waals surface area contributed by atoms with Crippen LogP contribution in [0.15, 0.2) is 48.6 Å². The first kappa shape index (κ1) is 59.8. The third-order valence-electron chi connectivity index (χ3n) is 12.2. The number of aliphatic hydroxyl groups excluding tert-OH is 2. The molecular formula is C56H103NO5. The molecule has 0 aromatic rings. The maximum absolute atomic E-state index is 13.2. The predicted octanol–water partition coefficient (Wildman–Crippen LogP) is 16.2. The molecule has 0 rings (SSSR count). The Morgan fingerprint density at radius 1 is 0.468 bits per heavy atom. The molecule has 6 nitrogen and oxygen atoms in total. The summed E-state index contributed by atoms with van der Waals surface area (Å²) in [6.45, 7) is 6.44. The Bertz CT molecular complexity index is 1070. The van der Waals surface area contributed by atoms with Gasteiger partial charge in [0.1, 0.15) is 6.10 Å². The van der Waals surface area contributed by atoms with E-state index in [0.717, 1.165) is 64.2 Å². The Hall–Kier alpha value is -2.18. The summed E-state index contributed by atoms with van der Waals surface area (Å²) in [5, 5.41) is 23.7. The summed E-state index contributed by atoms with van der Waals surface area (Å²) in [5.74, 6) is -0.532. The van der Waals surface area contributed by atoms with E-state index in [-0.39, 0.29) is 24.9 Å². The van der Waals surface area contributed by atoms with Crippen LogP contribution >= 0.6 is 0 Å². The summed E-state index contributed by atoms with van der Waals surface area (Å²) >= 11 is 0. The Morgan fingerprint density at radius 3 is 1.24 bits per heavy atom. The number of rotatable bonds is 48. The normalized spacial score (nSPS) is 13.6. The molecule has 0 aliphatic rings. The Labute approximate surface area is 385 Å². The van der Waals surface area contributed by atoms with Gasteiger partial charge in [0.2, 0.25) is 5.91 Å². The quantitative estimate of drug-likeness (QED) is 0.0322. The van der Waals surface area contributed by atoms with Crippen LogP contribution in [-0.4, -0.2) is 46.9 Å². The molecule has 0 saturated carbocycles. The first-order valence-electron chi connectivity index (χ1n) is 26.9. The van der Waals surface area contributed by atoms with Gasteiger partial charge in [-0.25, -0.2) is 0 Å². The molecule has 6 heteroatoms. The van der Waals surface area contributed by atoms with E-state index in [4.69, 9.17) is 4.74 Å². The smallest absolute Gasteiger partial charge is 0.306 e. The topological polar surface area (TPSA) is 95.9 Å². The molecule has 0 saturated heterocycles. The molecule has 3 atom stereocenters. The van der Waals surface area contributed by atoms with Crippen LogP contribution in [0.3, 0.4) is 0 Å². The third-order valence-corrected chi connectivity index (χ3v) is 12.2. The summed E-state index contributed by atoms with van der Waals surface area (Å²) in [7, 11) is 0. The zero-order valence-corrected chi connectivity index (χ0v) is 41.3. The monoisotopic (exact) mass is 870 g/mol. The Morgan fingerprint density at radius 2 is 0.823 bits per heavy atom. The highest BCUT2D eigenvalue weighted by Crippen LogP contribution is 2.18. The van der Waals surface area contributed by atoms with Crippen LogP contribution in [0.5, 0.6) is 0 Å². The minimum absolute atomic E-state index is 0.0586. The standard InChI is InChI=1S/C56H103NO5/c1-4-7-10-13-16-19-21-23-25-27-29-31-33-36-38-41-44-47-52(50-55(60)57-53(51-58)54(59)48-45-42-39-35-18-15-12-9-6-3)62-56(61)49-46-43-40-37-34-32-30-28-26-24-22-20-17-14-11-8-5-2/h17,20,24,26,30,32,37,40,52-54,58-59H,4-16,18-19,21-23,25,27-29,31,33-36,38-39,41-51H2,1-3H3,(H,57,60)/b20-17-,26-24-,32-30-,40-37-. The first-order valence-corrected chi connectivity index (χ1v) is 26.9. The number of unbranched alkanes of at least 4 members (excludes halogenated alkanes) is 28. The summed E-state index contributed by atoms with van der Waals surface area (Å²) in [6.07, 6.45) is 60.4. The molecule has 0 bridgehead atoms. The van der Waals surface area contributed by atoms with Crippen molar-refractivity contribution in [2.75, 3.05) is 6.61 Å². The Balaban J connectivity index is 4.63. The van der Waals surface area contributed by atoms with Crippen molar-refractivity contribution in [1.82, 2.24) is 5.32 Å². The highest BCUT2D eigenvalue weighted by molar-refractivity contribution is 5.77. The van der Waals surface area contributed by atoms with Crippen LogP contribution in [-0.2, 0) is 14.3 Å². The molecule has 3 N–H and O–H groups in total. The van der Waals surface area contributed by atoms with Gasteiger partial charge >= 0.3 is 5.97 Å². The third kappa shape index (κ3) is 44.4. The van der Waals surface area contributed by atoms with E-state index in [0.29, 0.717) is 25.7 Å². The van der Waals surface area contributed by atoms with Gasteiger partial charge in [-0.15, -0.1) is 0 Å². The van der Waals surface area contributed by atoms with Crippen LogP contribution in [0.4, 0.5) is 0 Å². The fourth-order valence-corrected chi connectivity index (χ4v) is 8.07. The molecule has 3 unspecified atom stereocenters. The van der Waals surface area contributed by atoms with Crippen molar-refractivity contribution in [2.24, 2.45) is 0 Å². The number of amides is 1. The van der Waals surface area contributed by atoms with Gasteiger partial charge in [-0.1, -0.05) is 243 Å². The van der Waals surface area contributed by atoms with Crippen LogP contribution in [0.2, 0.25) is 0 Å². The van der Waals surface area contributed by atoms with Gasteiger partial charge in [0.25, 0.3) is 0 Å². The molecule has 0 radical (unpaired) electrons. The molecule has 1 amide bonds. The summed E-state index contributed by atoms with van der Waals surface area (Å²) in [6, 6.07) is -0.710. The van der Waals surface area contributed by atoms with Crippen molar-refractivity contribution in [3.8, 4) is 0 Å². The number of esters is 1. The molecule has 0 fully saturated rings. The van der Waals surface area contributed by atoms with Gasteiger partial charge < -0.3 is 20.3 Å². The minimum Gasteiger partial charge on any atom is -0.462 e. The molecule has 0 aromatic carbocycles. The first-order chi connectivity index (χ1) is 30.5. The van der Waals surface area contributed by atoms with Crippen molar-refractivity contribution < 1.29 is 24.5 Å². The molecule has 0 spiro atoms. The second-order valence-corrected chi connectivity index (χ2v) is 18.3. The SMILES string of the molecule is CCCCC/C=C\C/C=C\C/C=C\C/C=C\CCCC(=O)OC(CCCCCCCCCCCCCCCCCCC)CC(=O)NC(CO)C(O)CCCCCCCCCCC. The molecule has 362 valence electrons. The lowest BCUT2D eigenvalue weighted by Crippen LogP contribution is -2.46. The molecule has 0 aromatic heterocycles. The minimum atomic E-state index is -0.794. The molecule has 62 heavy (non-hydrogen) atoms. The van der Waals surface area contributed by atoms with E-state index in [1.54, 1.807) is 0 Å². The molecule has 0 aliphatic heterocycles. The number of nitrogens with one attached hydrogen (secondary N) is 1. The number of allylic oxidation sites excluding steroid dienone is 8. The van der Waals surface area contributed by atoms with E-state index in [9.17, 15) is 19.8 Å². The highest BCUT2D eigenvalue weighted by Gasteiger charge is 2.24. The van der Waals surface area contributed by atoms with Crippen molar-refractivity contribution in [3.05, 3.63) is 48.6 Å². The maximum atomic E-state index is 13.2. The summed E-state index contributed by atoms with van der Waals surface area (Å²) < 4.78 is 5.92. The Kier molecular flexibility index (Phi) is 48.1. The number of carbonyl (C=O) groups excluding carboxylic acids is 2. The maximum Gasteiger partial charge on any atom is 0.306 e. The highest BCUT2D eigenvalue weighted by atomic mass is 16.5. The van der Waals surface area contributed by atoms with Crippen molar-refractivity contribution >= 4 is 11.9 Å². The van der Waals surface area contributed by atoms with Gasteiger partial charge in [-0.3, -0.25) is 9.59 Å². The van der Waals surface area contributed by atoms with Crippen LogP contribution in [0.1, 0.15) is 271 Å². The fourth-order valence-electron chi connectivity index (χ4n) is 8.07.